The van der Waals surface area contributed by atoms with Gasteiger partial charge in [-0.25, -0.2) is 8.42 Å². The molecule has 2 aliphatic rings. The lowest BCUT2D eigenvalue weighted by Gasteiger charge is -2.40. The molecule has 2 unspecified atom stereocenters. The van der Waals surface area contributed by atoms with E-state index in [0.29, 0.717) is 19.0 Å². The first kappa shape index (κ1) is 24.9. The van der Waals surface area contributed by atoms with Gasteiger partial charge in [0.15, 0.2) is 15.8 Å². The second-order valence-electron chi connectivity index (χ2n) is 8.43. The molecule has 0 bridgehead atoms. The standard InChI is InChI=1S/C18H36N4O3S.HI/c1-18(2,3)16-15(6-5-11-25-16)14-21-17(19-4)20-7-8-22-9-12-26(23,24)13-10-22;/h15-16H,5-14H2,1-4H3,(H2,19,20,21);1H. The van der Waals surface area contributed by atoms with Crippen LogP contribution in [0.2, 0.25) is 0 Å². The van der Waals surface area contributed by atoms with Gasteiger partial charge in [0.05, 0.1) is 17.6 Å². The zero-order valence-electron chi connectivity index (χ0n) is 17.2. The van der Waals surface area contributed by atoms with E-state index in [1.165, 1.54) is 6.42 Å². The number of ether oxygens (including phenoxy) is 1. The van der Waals surface area contributed by atoms with E-state index < -0.39 is 9.84 Å². The highest BCUT2D eigenvalue weighted by Gasteiger charge is 2.35. The molecular formula is C18H37IN4O3S. The van der Waals surface area contributed by atoms with Crippen molar-refractivity contribution in [2.75, 3.05) is 57.9 Å². The molecule has 9 heteroatoms. The quantitative estimate of drug-likeness (QED) is 0.326. The highest BCUT2D eigenvalue weighted by Crippen LogP contribution is 2.33. The van der Waals surface area contributed by atoms with Crippen molar-refractivity contribution in [2.45, 2.75) is 39.7 Å². The minimum atomic E-state index is -2.81. The van der Waals surface area contributed by atoms with Crippen LogP contribution in [0.15, 0.2) is 4.99 Å². The van der Waals surface area contributed by atoms with Crippen molar-refractivity contribution >= 4 is 39.8 Å². The molecule has 0 aromatic heterocycles. The van der Waals surface area contributed by atoms with Crippen molar-refractivity contribution in [2.24, 2.45) is 16.3 Å². The zero-order valence-corrected chi connectivity index (χ0v) is 20.3. The maximum absolute atomic E-state index is 11.5. The average Bonchev–Trinajstić information content (AvgIpc) is 2.58. The molecule has 27 heavy (non-hydrogen) atoms. The number of guanidine groups is 1. The van der Waals surface area contributed by atoms with Gasteiger partial charge in [-0.2, -0.15) is 0 Å². The van der Waals surface area contributed by atoms with Crippen LogP contribution in [-0.2, 0) is 14.6 Å². The Kier molecular flexibility index (Phi) is 10.3. The van der Waals surface area contributed by atoms with Crippen molar-refractivity contribution in [3.8, 4) is 0 Å². The maximum Gasteiger partial charge on any atom is 0.191 e. The average molecular weight is 516 g/mol. The number of nitrogens with zero attached hydrogens (tertiary/aromatic N) is 2. The van der Waals surface area contributed by atoms with Gasteiger partial charge in [-0.3, -0.25) is 9.89 Å². The Bertz CT molecular complexity index is 564. The van der Waals surface area contributed by atoms with Crippen LogP contribution < -0.4 is 10.6 Å². The summed E-state index contributed by atoms with van der Waals surface area (Å²) >= 11 is 0. The van der Waals surface area contributed by atoms with Crippen molar-refractivity contribution in [1.82, 2.24) is 15.5 Å². The predicted molar refractivity (Wildman–Crippen MR) is 122 cm³/mol. The Labute approximate surface area is 182 Å². The Balaban J connectivity index is 0.00000364. The molecule has 2 rings (SSSR count). The molecule has 0 aromatic rings. The van der Waals surface area contributed by atoms with Gasteiger partial charge in [-0.05, 0) is 18.3 Å². The summed E-state index contributed by atoms with van der Waals surface area (Å²) in [5.41, 5.74) is 0.137. The maximum atomic E-state index is 11.5. The fraction of sp³-hybridized carbons (Fsp3) is 0.944. The first-order valence-electron chi connectivity index (χ1n) is 9.70. The lowest BCUT2D eigenvalue weighted by Crippen LogP contribution is -2.49. The Morgan fingerprint density at radius 3 is 2.48 bits per heavy atom. The molecule has 0 amide bonds. The zero-order chi connectivity index (χ0) is 19.2. The van der Waals surface area contributed by atoms with Gasteiger partial charge in [-0.15, -0.1) is 24.0 Å². The van der Waals surface area contributed by atoms with Crippen LogP contribution in [0.4, 0.5) is 0 Å². The lowest BCUT2D eigenvalue weighted by molar-refractivity contribution is -0.0835. The number of nitrogens with one attached hydrogen (secondary N) is 2. The molecule has 160 valence electrons. The van der Waals surface area contributed by atoms with Gasteiger partial charge < -0.3 is 15.4 Å². The molecule has 0 radical (unpaired) electrons. The van der Waals surface area contributed by atoms with E-state index in [9.17, 15) is 8.42 Å². The molecule has 2 fully saturated rings. The predicted octanol–water partition coefficient (Wildman–Crippen LogP) is 1.34. The van der Waals surface area contributed by atoms with Gasteiger partial charge in [-0.1, -0.05) is 20.8 Å². The van der Waals surface area contributed by atoms with Gasteiger partial charge >= 0.3 is 0 Å². The molecule has 0 spiro atoms. The number of halogens is 1. The highest BCUT2D eigenvalue weighted by molar-refractivity contribution is 14.0. The topological polar surface area (TPSA) is 83.0 Å². The summed E-state index contributed by atoms with van der Waals surface area (Å²) < 4.78 is 29.0. The van der Waals surface area contributed by atoms with Crippen LogP contribution >= 0.6 is 24.0 Å². The minimum absolute atomic E-state index is 0. The molecular weight excluding hydrogens is 479 g/mol. The van der Waals surface area contributed by atoms with E-state index >= 15 is 0 Å². The molecule has 2 atom stereocenters. The van der Waals surface area contributed by atoms with Crippen molar-refractivity contribution in [3.05, 3.63) is 0 Å². The summed E-state index contributed by atoms with van der Waals surface area (Å²) in [7, 11) is -1.03. The fourth-order valence-electron chi connectivity index (χ4n) is 3.76. The van der Waals surface area contributed by atoms with E-state index in [2.05, 4.69) is 41.3 Å². The summed E-state index contributed by atoms with van der Waals surface area (Å²) in [6, 6.07) is 0. The molecule has 7 nitrogen and oxygen atoms in total. The number of sulfone groups is 1. The van der Waals surface area contributed by atoms with Crippen molar-refractivity contribution in [1.29, 1.82) is 0 Å². The summed E-state index contributed by atoms with van der Waals surface area (Å²) in [4.78, 5) is 6.49. The van der Waals surface area contributed by atoms with Crippen LogP contribution in [0, 0.1) is 11.3 Å². The van der Waals surface area contributed by atoms with E-state index in [1.54, 1.807) is 7.05 Å². The van der Waals surface area contributed by atoms with E-state index in [1.807, 2.05) is 0 Å². The molecule has 2 N–H and O–H groups in total. The van der Waals surface area contributed by atoms with Crippen LogP contribution in [0.1, 0.15) is 33.6 Å². The Morgan fingerprint density at radius 2 is 1.89 bits per heavy atom. The number of hydrogen-bond donors (Lipinski definition) is 2. The Morgan fingerprint density at radius 1 is 1.22 bits per heavy atom. The lowest BCUT2D eigenvalue weighted by atomic mass is 9.78. The van der Waals surface area contributed by atoms with E-state index in [0.717, 1.165) is 38.6 Å². The van der Waals surface area contributed by atoms with Gasteiger partial charge in [0, 0.05) is 52.3 Å². The third-order valence-corrected chi connectivity index (χ3v) is 6.82. The smallest absolute Gasteiger partial charge is 0.191 e. The summed E-state index contributed by atoms with van der Waals surface area (Å²) in [5, 5.41) is 6.77. The molecule has 2 heterocycles. The van der Waals surface area contributed by atoms with Crippen LogP contribution in [0.3, 0.4) is 0 Å². The normalized spacial score (nSPS) is 26.9. The first-order chi connectivity index (χ1) is 12.2. The second-order valence-corrected chi connectivity index (χ2v) is 10.7. The largest absolute Gasteiger partial charge is 0.377 e. The molecule has 2 saturated heterocycles. The van der Waals surface area contributed by atoms with E-state index in [4.69, 9.17) is 4.74 Å². The number of aliphatic imine (C=N–C) groups is 1. The molecule has 0 aromatic carbocycles. The fourth-order valence-corrected chi connectivity index (χ4v) is 5.04. The molecule has 0 saturated carbocycles. The number of hydrogen-bond acceptors (Lipinski definition) is 5. The van der Waals surface area contributed by atoms with E-state index in [-0.39, 0.29) is 47.0 Å². The summed E-state index contributed by atoms with van der Waals surface area (Å²) in [5.74, 6) is 1.83. The van der Waals surface area contributed by atoms with Gasteiger partial charge in [0.1, 0.15) is 0 Å². The van der Waals surface area contributed by atoms with Crippen LogP contribution in [0.5, 0.6) is 0 Å². The molecule has 0 aliphatic carbocycles. The monoisotopic (exact) mass is 516 g/mol. The minimum Gasteiger partial charge on any atom is -0.377 e. The van der Waals surface area contributed by atoms with Crippen molar-refractivity contribution < 1.29 is 13.2 Å². The second kappa shape index (κ2) is 11.2. The first-order valence-corrected chi connectivity index (χ1v) is 11.5. The van der Waals surface area contributed by atoms with Crippen LogP contribution in [0.25, 0.3) is 0 Å². The van der Waals surface area contributed by atoms with Gasteiger partial charge in [0.2, 0.25) is 0 Å². The number of rotatable bonds is 5. The van der Waals surface area contributed by atoms with Gasteiger partial charge in [0.25, 0.3) is 0 Å². The molecule has 2 aliphatic heterocycles. The summed E-state index contributed by atoms with van der Waals surface area (Å²) in [6.45, 7) is 11.3. The summed E-state index contributed by atoms with van der Waals surface area (Å²) in [6.07, 6.45) is 2.55. The van der Waals surface area contributed by atoms with Crippen molar-refractivity contribution in [3.63, 3.8) is 0 Å². The third kappa shape index (κ3) is 8.41. The third-order valence-electron chi connectivity index (χ3n) is 5.21. The van der Waals surface area contributed by atoms with Crippen LogP contribution in [-0.4, -0.2) is 83.3 Å². The Hall–Kier alpha value is -0.130. The SMILES string of the molecule is CN=C(NCCN1CCS(=O)(=O)CC1)NCC1CCCOC1C(C)(C)C.I. The highest BCUT2D eigenvalue weighted by atomic mass is 127.